The molecule has 2 heterocycles. The molecule has 30 heavy (non-hydrogen) atoms. The Bertz CT molecular complexity index is 1190. The standard InChI is InChI=1S/C18H18ClN5O4S2/c1-11-4-12(10-24(11)18-20-8-16(9-21-18)29(2)26)17(25)22-14-5-13(19)6-15(7-14)23-30(3,27)28/h4-10,23H,1-3H3,(H,22,25). The van der Waals surface area contributed by atoms with E-state index in [0.29, 0.717) is 22.1 Å². The van der Waals surface area contributed by atoms with Crippen molar-refractivity contribution >= 4 is 50.1 Å². The van der Waals surface area contributed by atoms with Crippen molar-refractivity contribution in [2.24, 2.45) is 0 Å². The predicted molar refractivity (Wildman–Crippen MR) is 116 cm³/mol. The maximum Gasteiger partial charge on any atom is 0.257 e. The Morgan fingerprint density at radius 3 is 2.40 bits per heavy atom. The summed E-state index contributed by atoms with van der Waals surface area (Å²) in [5.74, 6) is -0.0844. The first kappa shape index (κ1) is 22.1. The van der Waals surface area contributed by atoms with E-state index < -0.39 is 27.1 Å². The summed E-state index contributed by atoms with van der Waals surface area (Å²) in [5.41, 5.74) is 1.62. The van der Waals surface area contributed by atoms with Crippen LogP contribution >= 0.6 is 11.6 Å². The Kier molecular flexibility index (Phi) is 6.36. The lowest BCUT2D eigenvalue weighted by Gasteiger charge is -2.09. The minimum Gasteiger partial charge on any atom is -0.612 e. The summed E-state index contributed by atoms with van der Waals surface area (Å²) in [6, 6.07) is 6.05. The van der Waals surface area contributed by atoms with Gasteiger partial charge in [-0.1, -0.05) is 11.6 Å². The predicted octanol–water partition coefficient (Wildman–Crippen LogP) is 2.59. The first-order valence-corrected chi connectivity index (χ1v) is 12.3. The van der Waals surface area contributed by atoms with Crippen LogP contribution in [0.3, 0.4) is 0 Å². The van der Waals surface area contributed by atoms with E-state index in [4.69, 9.17) is 11.6 Å². The number of nitrogens with one attached hydrogen (secondary N) is 2. The van der Waals surface area contributed by atoms with E-state index in [-0.39, 0.29) is 10.7 Å². The van der Waals surface area contributed by atoms with Gasteiger partial charge in [0.15, 0.2) is 4.90 Å². The van der Waals surface area contributed by atoms with Crippen LogP contribution in [0.1, 0.15) is 16.1 Å². The number of sulfonamides is 1. The average molecular weight is 468 g/mol. The summed E-state index contributed by atoms with van der Waals surface area (Å²) in [6.45, 7) is 1.79. The lowest BCUT2D eigenvalue weighted by Crippen LogP contribution is -2.13. The fraction of sp³-hybridized carbons (Fsp3) is 0.167. The number of halogens is 1. The molecule has 9 nitrogen and oxygen atoms in total. The fourth-order valence-corrected chi connectivity index (χ4v) is 3.82. The van der Waals surface area contributed by atoms with E-state index >= 15 is 0 Å². The van der Waals surface area contributed by atoms with Gasteiger partial charge in [0, 0.05) is 22.6 Å². The molecule has 0 spiro atoms. The smallest absolute Gasteiger partial charge is 0.257 e. The molecule has 0 aliphatic rings. The second-order valence-corrected chi connectivity index (χ2v) is 10.0. The molecule has 0 saturated heterocycles. The fourth-order valence-electron chi connectivity index (χ4n) is 2.63. The van der Waals surface area contributed by atoms with Crippen molar-refractivity contribution in [3.8, 4) is 5.95 Å². The highest BCUT2D eigenvalue weighted by molar-refractivity contribution is 7.92. The maximum absolute atomic E-state index is 12.7. The normalized spacial score (nSPS) is 12.4. The molecule has 3 aromatic rings. The number of benzene rings is 1. The molecule has 1 aromatic carbocycles. The number of carbonyl (C=O) groups excluding carboxylic acids is 1. The average Bonchev–Trinajstić information content (AvgIpc) is 3.01. The molecule has 0 bridgehead atoms. The van der Waals surface area contributed by atoms with Gasteiger partial charge in [-0.05, 0) is 42.4 Å². The summed E-state index contributed by atoms with van der Waals surface area (Å²) in [5, 5.41) is 2.95. The van der Waals surface area contributed by atoms with Gasteiger partial charge in [-0.15, -0.1) is 0 Å². The Balaban J connectivity index is 1.82. The Morgan fingerprint density at radius 1 is 1.17 bits per heavy atom. The highest BCUT2D eigenvalue weighted by Gasteiger charge is 2.15. The van der Waals surface area contributed by atoms with Crippen LogP contribution < -0.4 is 10.0 Å². The molecule has 1 unspecified atom stereocenters. The minimum absolute atomic E-state index is 0.232. The quantitative estimate of drug-likeness (QED) is 0.536. The molecule has 0 aliphatic carbocycles. The molecule has 2 aromatic heterocycles. The van der Waals surface area contributed by atoms with E-state index in [1.807, 2.05) is 0 Å². The maximum atomic E-state index is 12.7. The Hall–Kier alpha value is -2.60. The molecule has 12 heteroatoms. The third-order valence-electron chi connectivity index (χ3n) is 3.90. The van der Waals surface area contributed by atoms with Crippen molar-refractivity contribution in [2.75, 3.05) is 22.6 Å². The van der Waals surface area contributed by atoms with Crippen LogP contribution in [0.4, 0.5) is 11.4 Å². The second kappa shape index (κ2) is 8.64. The van der Waals surface area contributed by atoms with Gasteiger partial charge < -0.3 is 9.87 Å². The molecule has 1 amide bonds. The van der Waals surface area contributed by atoms with Crippen molar-refractivity contribution in [1.82, 2.24) is 14.5 Å². The van der Waals surface area contributed by atoms with E-state index in [2.05, 4.69) is 20.0 Å². The zero-order valence-corrected chi connectivity index (χ0v) is 18.6. The summed E-state index contributed by atoms with van der Waals surface area (Å²) in [7, 11) is -3.49. The molecule has 0 saturated carbocycles. The van der Waals surface area contributed by atoms with Gasteiger partial charge in [0.1, 0.15) is 6.26 Å². The van der Waals surface area contributed by atoms with Gasteiger partial charge in [-0.2, -0.15) is 0 Å². The van der Waals surface area contributed by atoms with Crippen molar-refractivity contribution < 1.29 is 17.8 Å². The van der Waals surface area contributed by atoms with Crippen molar-refractivity contribution in [1.29, 1.82) is 0 Å². The van der Waals surface area contributed by atoms with E-state index in [0.717, 1.165) is 11.9 Å². The molecule has 0 aliphatic heterocycles. The lowest BCUT2D eigenvalue weighted by molar-refractivity contribution is 0.102. The monoisotopic (exact) mass is 467 g/mol. The van der Waals surface area contributed by atoms with Crippen molar-refractivity contribution in [3.05, 3.63) is 59.1 Å². The molecule has 158 valence electrons. The van der Waals surface area contributed by atoms with Crippen LogP contribution in [0.5, 0.6) is 0 Å². The molecule has 3 rings (SSSR count). The SMILES string of the molecule is Cc1cc(C(=O)Nc2cc(Cl)cc(NS(C)(=O)=O)c2)cn1-c1ncc([S+](C)[O-])cn1. The summed E-state index contributed by atoms with van der Waals surface area (Å²) in [6.07, 6.45) is 7.07. The zero-order chi connectivity index (χ0) is 22.1. The van der Waals surface area contributed by atoms with Gasteiger partial charge in [0.25, 0.3) is 5.91 Å². The third-order valence-corrected chi connectivity index (χ3v) is 5.59. The minimum atomic E-state index is -3.49. The number of anilines is 2. The van der Waals surface area contributed by atoms with Crippen LogP contribution in [0, 0.1) is 6.92 Å². The number of nitrogens with zero attached hydrogens (tertiary/aromatic N) is 3. The van der Waals surface area contributed by atoms with Crippen LogP contribution in [0.2, 0.25) is 5.02 Å². The first-order chi connectivity index (χ1) is 14.0. The Labute approximate surface area is 181 Å². The van der Waals surface area contributed by atoms with Crippen LogP contribution in [0.25, 0.3) is 5.95 Å². The van der Waals surface area contributed by atoms with E-state index in [1.165, 1.54) is 36.8 Å². The van der Waals surface area contributed by atoms with Crippen molar-refractivity contribution in [2.45, 2.75) is 11.8 Å². The van der Waals surface area contributed by atoms with Gasteiger partial charge in [0.05, 0.1) is 29.9 Å². The molecule has 0 fully saturated rings. The van der Waals surface area contributed by atoms with E-state index in [1.54, 1.807) is 23.8 Å². The van der Waals surface area contributed by atoms with E-state index in [9.17, 15) is 17.8 Å². The number of hydrogen-bond donors (Lipinski definition) is 2. The first-order valence-electron chi connectivity index (χ1n) is 8.46. The number of hydrogen-bond acceptors (Lipinski definition) is 6. The molecule has 1 atom stereocenters. The second-order valence-electron chi connectivity index (χ2n) is 6.47. The largest absolute Gasteiger partial charge is 0.612 e. The van der Waals surface area contributed by atoms with Gasteiger partial charge in [-0.3, -0.25) is 14.1 Å². The summed E-state index contributed by atoms with van der Waals surface area (Å²) >= 11 is 4.84. The Morgan fingerprint density at radius 2 is 1.80 bits per heavy atom. The number of rotatable bonds is 6. The van der Waals surface area contributed by atoms with Crippen LogP contribution in [0.15, 0.2) is 47.8 Å². The lowest BCUT2D eigenvalue weighted by atomic mass is 10.2. The third kappa shape index (κ3) is 5.51. The topological polar surface area (TPSA) is 129 Å². The number of carbonyl (C=O) groups is 1. The molecule has 0 radical (unpaired) electrons. The van der Waals surface area contributed by atoms with Crippen LogP contribution in [-0.2, 0) is 21.2 Å². The highest BCUT2D eigenvalue weighted by Crippen LogP contribution is 2.24. The highest BCUT2D eigenvalue weighted by atomic mass is 35.5. The summed E-state index contributed by atoms with van der Waals surface area (Å²) < 4.78 is 38.3. The van der Waals surface area contributed by atoms with Crippen LogP contribution in [-0.4, -0.2) is 45.9 Å². The number of aromatic nitrogens is 3. The number of aryl methyl sites for hydroxylation is 1. The summed E-state index contributed by atoms with van der Waals surface area (Å²) in [4.78, 5) is 21.6. The molecular formula is C18H18ClN5O4S2. The molecular weight excluding hydrogens is 450 g/mol. The molecule has 2 N–H and O–H groups in total. The zero-order valence-electron chi connectivity index (χ0n) is 16.2. The van der Waals surface area contributed by atoms with Gasteiger partial charge >= 0.3 is 0 Å². The van der Waals surface area contributed by atoms with Crippen molar-refractivity contribution in [3.63, 3.8) is 0 Å². The van der Waals surface area contributed by atoms with Gasteiger partial charge in [-0.25, -0.2) is 18.4 Å². The van der Waals surface area contributed by atoms with Gasteiger partial charge in [0.2, 0.25) is 16.0 Å². The number of amides is 1.